The van der Waals surface area contributed by atoms with Gasteiger partial charge >= 0.3 is 0 Å². The second-order valence-corrected chi connectivity index (χ2v) is 51.6. The van der Waals surface area contributed by atoms with Crippen molar-refractivity contribution < 1.29 is 42.1 Å². The number of hydrogen-bond acceptors (Lipinski definition) is 10. The summed E-state index contributed by atoms with van der Waals surface area (Å²) in [6.07, 6.45) is 5.72. The molecule has 0 saturated carbocycles. The molecule has 0 aliphatic heterocycles. The fraction of sp³-hybridized carbons (Fsp3) is 1.00. The summed E-state index contributed by atoms with van der Waals surface area (Å²) in [4.78, 5) is 0. The van der Waals surface area contributed by atoms with E-state index in [1.54, 1.807) is 13.8 Å². The van der Waals surface area contributed by atoms with Crippen LogP contribution in [0.4, 0.5) is 0 Å². The van der Waals surface area contributed by atoms with Gasteiger partial charge in [0.1, 0.15) is 3.45 Å². The van der Waals surface area contributed by atoms with Gasteiger partial charge in [-0.2, -0.15) is 0 Å². The van der Waals surface area contributed by atoms with Crippen LogP contribution < -0.4 is 0 Å². The summed E-state index contributed by atoms with van der Waals surface area (Å²) in [5, 5.41) is 0. The molecule has 0 bridgehead atoms. The van der Waals surface area contributed by atoms with Gasteiger partial charge in [0.25, 0.3) is 0 Å². The monoisotopic (exact) mass is 820 g/mol. The normalized spacial score (nSPS) is 15.2. The van der Waals surface area contributed by atoms with E-state index in [2.05, 4.69) is 0 Å². The van der Waals surface area contributed by atoms with Gasteiger partial charge in [-0.3, -0.25) is 0 Å². The molecule has 0 rings (SSSR count). The van der Waals surface area contributed by atoms with Crippen LogP contribution in [-0.2, 0) is 44.3 Å². The maximum atomic E-state index is 15.8. The molecular weight excluding hydrogens is 749 g/mol. The Labute approximate surface area is 299 Å². The smallest absolute Gasteiger partial charge is 0.216 e. The van der Waals surface area contributed by atoms with Crippen LogP contribution in [0.1, 0.15) is 176 Å². The molecule has 0 unspecified atom stereocenters. The molecule has 0 amide bonds. The van der Waals surface area contributed by atoms with E-state index in [-0.39, 0.29) is 64.2 Å². The minimum Gasteiger partial charge on any atom is -0.217 e. The lowest BCUT2D eigenvalue weighted by Crippen LogP contribution is -2.67. The molecule has 0 N–H and O–H groups in total. The minimum atomic E-state index is -8.55. The molecule has 10 nitrogen and oxygen atoms in total. The predicted molar refractivity (Wildman–Crippen MR) is 212 cm³/mol. The third kappa shape index (κ3) is 7.58. The Morgan fingerprint density at radius 3 is 0.878 bits per heavy atom. The van der Waals surface area contributed by atoms with E-state index in [1.807, 2.05) is 20.8 Å². The van der Waals surface area contributed by atoms with Crippen LogP contribution >= 0.6 is 3.45 Å². The number of rotatable bonds is 32. The summed E-state index contributed by atoms with van der Waals surface area (Å²) >= 11 is 0. The Hall–Kier alpha value is 0.1000. The summed E-state index contributed by atoms with van der Waals surface area (Å²) < 4.78 is 149. The topological polar surface area (TPSA) is 171 Å². The molecule has 0 heterocycles. The SMILES string of the molecule is CCCCCCCCS(S(=O)(=O)CCC)(S(=O)(=O)CCCC)(S(=O)(=O)CCCCC)(S(=O)(=O)CCCCCC)S(=O)(=O)CCCCCCC. The molecule has 300 valence electrons. The van der Waals surface area contributed by atoms with Gasteiger partial charge in [-0.15, -0.1) is 0 Å². The molecule has 0 atom stereocenters. The van der Waals surface area contributed by atoms with Gasteiger partial charge in [0.05, 0.1) is 28.8 Å². The van der Waals surface area contributed by atoms with E-state index in [9.17, 15) is 0 Å². The standard InChI is InChI=1S/C33H72O10S6/c1-7-13-18-21-23-27-33-49(44(34,35)28-12-6,45(36,37)29-17-11-5,46(38,39)30-24-16-10-4,47(40,41)31-25-20-15-9-3)48(42,43)32-26-22-19-14-8-2/h7-33H2,1-6H3. The van der Waals surface area contributed by atoms with E-state index < -0.39 is 88.7 Å². The minimum absolute atomic E-state index is 0.104. The van der Waals surface area contributed by atoms with E-state index in [0.29, 0.717) is 38.5 Å². The molecule has 0 aliphatic rings. The highest BCUT2D eigenvalue weighted by Crippen LogP contribution is 3.07. The van der Waals surface area contributed by atoms with Crippen molar-refractivity contribution in [1.29, 1.82) is 0 Å². The maximum absolute atomic E-state index is 15.8. The van der Waals surface area contributed by atoms with Crippen LogP contribution in [0.15, 0.2) is 0 Å². The Kier molecular flexibility index (Phi) is 20.6. The van der Waals surface area contributed by atoms with Crippen molar-refractivity contribution in [3.63, 3.8) is 0 Å². The quantitative estimate of drug-likeness (QED) is 0.0472. The van der Waals surface area contributed by atoms with Crippen molar-refractivity contribution in [2.24, 2.45) is 0 Å². The predicted octanol–water partition coefficient (Wildman–Crippen LogP) is 8.82. The first-order valence-electron chi connectivity index (χ1n) is 19.0. The maximum Gasteiger partial charge on any atom is 0.216 e. The number of hydrogen-bond donors (Lipinski definition) is 0. The highest BCUT2D eigenvalue weighted by Gasteiger charge is 2.98. The summed E-state index contributed by atoms with van der Waals surface area (Å²) in [6, 6.07) is 0. The summed E-state index contributed by atoms with van der Waals surface area (Å²) in [5.74, 6) is -7.19. The van der Waals surface area contributed by atoms with Crippen molar-refractivity contribution in [1.82, 2.24) is 0 Å². The van der Waals surface area contributed by atoms with Crippen LogP contribution in [0.2, 0.25) is 0 Å². The summed E-state index contributed by atoms with van der Waals surface area (Å²) in [5.41, 5.74) is 0. The van der Waals surface area contributed by atoms with Crippen molar-refractivity contribution in [2.75, 3.05) is 34.5 Å². The lowest BCUT2D eigenvalue weighted by molar-refractivity contribution is 0.590. The van der Waals surface area contributed by atoms with Gasteiger partial charge in [0.2, 0.25) is 44.3 Å². The van der Waals surface area contributed by atoms with Crippen LogP contribution in [0.25, 0.3) is 0 Å². The molecule has 0 fully saturated rings. The van der Waals surface area contributed by atoms with Crippen molar-refractivity contribution in [3.05, 3.63) is 0 Å². The van der Waals surface area contributed by atoms with Gasteiger partial charge in [0.15, 0.2) is 0 Å². The second kappa shape index (κ2) is 20.5. The fourth-order valence-corrected chi connectivity index (χ4v) is 80.5. The highest BCUT2D eigenvalue weighted by molar-refractivity contribution is 9.92. The van der Waals surface area contributed by atoms with E-state index in [1.165, 1.54) is 6.92 Å². The lowest BCUT2D eigenvalue weighted by Gasteiger charge is -2.70. The Bertz CT molecular complexity index is 1540. The first kappa shape index (κ1) is 49.1. The third-order valence-corrected chi connectivity index (χ3v) is 81.1. The van der Waals surface area contributed by atoms with Crippen molar-refractivity contribution in [2.45, 2.75) is 176 Å². The molecule has 0 spiro atoms. The van der Waals surface area contributed by atoms with Crippen molar-refractivity contribution in [3.8, 4) is 0 Å². The number of unbranched alkanes of at least 4 members (excludes halogenated alkanes) is 15. The molecule has 16 heteroatoms. The second-order valence-electron chi connectivity index (χ2n) is 13.6. The first-order valence-corrected chi connectivity index (χ1v) is 32.4. The Morgan fingerprint density at radius 1 is 0.265 bits per heavy atom. The molecule has 0 aromatic carbocycles. The first-order chi connectivity index (χ1) is 22.8. The van der Waals surface area contributed by atoms with E-state index in [4.69, 9.17) is 0 Å². The molecule has 0 aromatic heterocycles. The van der Waals surface area contributed by atoms with Crippen LogP contribution in [0, 0.1) is 0 Å². The molecule has 49 heavy (non-hydrogen) atoms. The molecular formula is C33H72O10S6. The highest BCUT2D eigenvalue weighted by atomic mass is 34.4. The Balaban J connectivity index is 9.25. The van der Waals surface area contributed by atoms with Crippen molar-refractivity contribution >= 4 is 47.8 Å². The molecule has 0 aliphatic carbocycles. The van der Waals surface area contributed by atoms with Gasteiger partial charge in [-0.05, 0) is 38.5 Å². The van der Waals surface area contributed by atoms with Gasteiger partial charge in [-0.25, -0.2) is 42.1 Å². The summed E-state index contributed by atoms with van der Waals surface area (Å²) in [6.45, 7) is 10.6. The summed E-state index contributed by atoms with van der Waals surface area (Å²) in [7, 11) is -29.9. The molecule has 0 radical (unpaired) electrons. The van der Waals surface area contributed by atoms with Crippen LogP contribution in [0.5, 0.6) is 0 Å². The molecule has 0 aromatic rings. The Morgan fingerprint density at radius 2 is 0.510 bits per heavy atom. The third-order valence-electron chi connectivity index (χ3n) is 9.83. The van der Waals surface area contributed by atoms with E-state index >= 15 is 42.1 Å². The fourth-order valence-electron chi connectivity index (χ4n) is 7.05. The zero-order valence-corrected chi connectivity index (χ0v) is 36.5. The van der Waals surface area contributed by atoms with E-state index in [0.717, 1.165) is 25.7 Å². The van der Waals surface area contributed by atoms with Gasteiger partial charge < -0.3 is 0 Å². The van der Waals surface area contributed by atoms with Crippen LogP contribution in [-0.4, -0.2) is 76.6 Å². The lowest BCUT2D eigenvalue weighted by atomic mass is 10.1. The van der Waals surface area contributed by atoms with Crippen LogP contribution in [0.3, 0.4) is 0 Å². The largest absolute Gasteiger partial charge is 0.217 e. The average Bonchev–Trinajstić information content (AvgIpc) is 3.01. The molecule has 0 saturated heterocycles. The zero-order chi connectivity index (χ0) is 38.0. The van der Waals surface area contributed by atoms with Gasteiger partial charge in [-0.1, -0.05) is 138 Å². The van der Waals surface area contributed by atoms with Gasteiger partial charge in [0, 0.05) is 5.75 Å². The average molecular weight is 821 g/mol. The zero-order valence-electron chi connectivity index (χ0n) is 31.6.